The molecule has 4 N–H and O–H groups in total. The number of carboxylic acids is 1. The summed E-state index contributed by atoms with van der Waals surface area (Å²) in [6, 6.07) is 0. The van der Waals surface area contributed by atoms with Gasteiger partial charge in [-0.1, -0.05) is 0 Å². The molecular formula is C6H9O7-. The summed E-state index contributed by atoms with van der Waals surface area (Å²) in [6.07, 6.45) is -6.12. The Labute approximate surface area is 72.9 Å². The third kappa shape index (κ3) is 3.07. The second-order valence-electron chi connectivity index (χ2n) is 2.34. The van der Waals surface area contributed by atoms with Crippen LogP contribution in [0.2, 0.25) is 0 Å². The second kappa shape index (κ2) is 4.87. The van der Waals surface area contributed by atoms with Crippen LogP contribution in [0, 0.1) is 0 Å². The van der Waals surface area contributed by atoms with E-state index in [4.69, 9.17) is 20.4 Å². The van der Waals surface area contributed by atoms with Crippen molar-refractivity contribution in [3.63, 3.8) is 0 Å². The van der Waals surface area contributed by atoms with E-state index < -0.39 is 36.7 Å². The van der Waals surface area contributed by atoms with Gasteiger partial charge in [0.05, 0.1) is 6.61 Å². The highest BCUT2D eigenvalue weighted by atomic mass is 16.4. The molecule has 0 aliphatic heterocycles. The van der Waals surface area contributed by atoms with Gasteiger partial charge in [0.25, 0.3) is 0 Å². The molecule has 0 heterocycles. The van der Waals surface area contributed by atoms with Gasteiger partial charge in [0.2, 0.25) is 5.78 Å². The summed E-state index contributed by atoms with van der Waals surface area (Å²) < 4.78 is 0. The van der Waals surface area contributed by atoms with Crippen LogP contribution in [0.15, 0.2) is 0 Å². The van der Waals surface area contributed by atoms with Gasteiger partial charge in [0.1, 0.15) is 24.3 Å². The average molecular weight is 193 g/mol. The van der Waals surface area contributed by atoms with E-state index in [9.17, 15) is 14.7 Å². The molecule has 0 bridgehead atoms. The lowest BCUT2D eigenvalue weighted by Crippen LogP contribution is -2.49. The normalized spacial score (nSPS) is 17.5. The van der Waals surface area contributed by atoms with E-state index in [1.165, 1.54) is 0 Å². The van der Waals surface area contributed by atoms with E-state index in [0.717, 1.165) is 0 Å². The number of ketones is 1. The number of aliphatic hydroxyl groups is 4. The molecule has 0 saturated heterocycles. The lowest BCUT2D eigenvalue weighted by molar-refractivity contribution is -0.301. The van der Waals surface area contributed by atoms with E-state index in [1.807, 2.05) is 0 Å². The summed E-state index contributed by atoms with van der Waals surface area (Å²) in [5, 5.41) is 44.5. The number of hydrogen-bond acceptors (Lipinski definition) is 7. The van der Waals surface area contributed by atoms with Gasteiger partial charge in [-0.15, -0.1) is 0 Å². The van der Waals surface area contributed by atoms with Crippen LogP contribution in [-0.2, 0) is 9.59 Å². The molecule has 3 atom stereocenters. The summed E-state index contributed by atoms with van der Waals surface area (Å²) in [7, 11) is 0. The number of carbonyl (C=O) groups is 2. The highest BCUT2D eigenvalue weighted by Gasteiger charge is 2.30. The number of aliphatic carboxylic acids is 1. The zero-order valence-corrected chi connectivity index (χ0v) is 6.45. The Morgan fingerprint density at radius 1 is 1.23 bits per heavy atom. The maximum Gasteiger partial charge on any atom is 0.209 e. The van der Waals surface area contributed by atoms with Crippen molar-refractivity contribution in [2.45, 2.75) is 18.3 Å². The summed E-state index contributed by atoms with van der Waals surface area (Å²) in [4.78, 5) is 20.3. The van der Waals surface area contributed by atoms with Gasteiger partial charge >= 0.3 is 0 Å². The highest BCUT2D eigenvalue weighted by molar-refractivity contribution is 6.33. The maximum atomic E-state index is 10.4. The van der Waals surface area contributed by atoms with Crippen LogP contribution in [0.1, 0.15) is 0 Å². The first-order valence-corrected chi connectivity index (χ1v) is 3.32. The number of rotatable bonds is 5. The van der Waals surface area contributed by atoms with Crippen molar-refractivity contribution >= 4 is 11.8 Å². The van der Waals surface area contributed by atoms with Gasteiger partial charge in [0, 0.05) is 0 Å². The van der Waals surface area contributed by atoms with Crippen molar-refractivity contribution in [3.05, 3.63) is 0 Å². The van der Waals surface area contributed by atoms with Gasteiger partial charge < -0.3 is 30.3 Å². The number of hydrogen-bond donors (Lipinski definition) is 4. The van der Waals surface area contributed by atoms with E-state index in [-0.39, 0.29) is 0 Å². The van der Waals surface area contributed by atoms with Crippen LogP contribution < -0.4 is 5.11 Å². The quantitative estimate of drug-likeness (QED) is 0.322. The van der Waals surface area contributed by atoms with Crippen molar-refractivity contribution in [1.82, 2.24) is 0 Å². The van der Waals surface area contributed by atoms with Crippen molar-refractivity contribution in [2.75, 3.05) is 6.61 Å². The van der Waals surface area contributed by atoms with Crippen LogP contribution in [0.3, 0.4) is 0 Å². The summed E-state index contributed by atoms with van der Waals surface area (Å²) >= 11 is 0. The lowest BCUT2D eigenvalue weighted by atomic mass is 10.1. The van der Waals surface area contributed by atoms with Crippen LogP contribution in [-0.4, -0.2) is 57.1 Å². The predicted molar refractivity (Wildman–Crippen MR) is 35.1 cm³/mol. The Morgan fingerprint density at radius 3 is 2.00 bits per heavy atom. The monoisotopic (exact) mass is 193 g/mol. The average Bonchev–Trinajstić information content (AvgIpc) is 2.12. The highest BCUT2D eigenvalue weighted by Crippen LogP contribution is 2.00. The molecule has 0 rings (SSSR count). The Hall–Kier alpha value is -1.02. The Bertz CT molecular complexity index is 201. The molecule has 0 aromatic heterocycles. The molecule has 0 radical (unpaired) electrons. The van der Waals surface area contributed by atoms with Crippen molar-refractivity contribution < 1.29 is 35.1 Å². The van der Waals surface area contributed by atoms with Crippen LogP contribution in [0.25, 0.3) is 0 Å². The fourth-order valence-corrected chi connectivity index (χ4v) is 0.594. The Morgan fingerprint density at radius 2 is 1.69 bits per heavy atom. The standard InChI is InChI=1S/C6H10O7/c7-1-2(8)3(9)4(10)5(11)6(12)13/h2-4,7-10H,1H2,(H,12,13)/p-1/t2-,3-,4+/m1/s1. The minimum Gasteiger partial charge on any atom is -0.542 e. The first kappa shape index (κ1) is 12.0. The molecule has 7 heteroatoms. The molecule has 0 aliphatic rings. The largest absolute Gasteiger partial charge is 0.542 e. The number of aliphatic hydroxyl groups excluding tert-OH is 4. The molecule has 0 fully saturated rings. The third-order valence-corrected chi connectivity index (χ3v) is 1.37. The summed E-state index contributed by atoms with van der Waals surface area (Å²) in [6.45, 7) is -0.904. The Balaban J connectivity index is 4.33. The van der Waals surface area contributed by atoms with Crippen molar-refractivity contribution in [3.8, 4) is 0 Å². The summed E-state index contributed by atoms with van der Waals surface area (Å²) in [5.74, 6) is -3.92. The molecule has 7 nitrogen and oxygen atoms in total. The molecule has 76 valence electrons. The summed E-state index contributed by atoms with van der Waals surface area (Å²) in [5.41, 5.74) is 0. The van der Waals surface area contributed by atoms with E-state index in [2.05, 4.69) is 0 Å². The smallest absolute Gasteiger partial charge is 0.209 e. The Kier molecular flexibility index (Phi) is 4.49. The maximum absolute atomic E-state index is 10.4. The predicted octanol–water partition coefficient (Wildman–Crippen LogP) is -4.62. The fourth-order valence-electron chi connectivity index (χ4n) is 0.594. The molecule has 0 unspecified atom stereocenters. The van der Waals surface area contributed by atoms with Crippen LogP contribution in [0.5, 0.6) is 0 Å². The van der Waals surface area contributed by atoms with E-state index >= 15 is 0 Å². The SMILES string of the molecule is O=C([O-])C(=O)[C@@H](O)[C@H](O)[C@H](O)CO. The van der Waals surface area contributed by atoms with Gasteiger partial charge in [-0.2, -0.15) is 0 Å². The van der Waals surface area contributed by atoms with Crippen LogP contribution in [0.4, 0.5) is 0 Å². The topological polar surface area (TPSA) is 138 Å². The van der Waals surface area contributed by atoms with Gasteiger partial charge in [-0.05, 0) is 0 Å². The van der Waals surface area contributed by atoms with E-state index in [0.29, 0.717) is 0 Å². The molecule has 0 aromatic rings. The minimum atomic E-state index is -2.30. The van der Waals surface area contributed by atoms with Gasteiger partial charge in [-0.25, -0.2) is 0 Å². The molecule has 0 spiro atoms. The third-order valence-electron chi connectivity index (χ3n) is 1.37. The molecule has 13 heavy (non-hydrogen) atoms. The van der Waals surface area contributed by atoms with Gasteiger partial charge in [-0.3, -0.25) is 4.79 Å². The van der Waals surface area contributed by atoms with Crippen molar-refractivity contribution in [1.29, 1.82) is 0 Å². The fraction of sp³-hybridized carbons (Fsp3) is 0.667. The minimum absolute atomic E-state index is 0.904. The first-order valence-electron chi connectivity index (χ1n) is 3.32. The number of Topliss-reactive ketones (excluding diaryl/α,β-unsaturated/α-hetero) is 1. The lowest BCUT2D eigenvalue weighted by Gasteiger charge is -2.20. The molecular weight excluding hydrogens is 184 g/mol. The number of carboxylic acid groups (broad SMARTS) is 1. The van der Waals surface area contributed by atoms with E-state index in [1.54, 1.807) is 0 Å². The van der Waals surface area contributed by atoms with Gasteiger partial charge in [0.15, 0.2) is 0 Å². The van der Waals surface area contributed by atoms with Crippen molar-refractivity contribution in [2.24, 2.45) is 0 Å². The number of carbonyl (C=O) groups excluding carboxylic acids is 2. The zero-order valence-electron chi connectivity index (χ0n) is 6.45. The first-order chi connectivity index (χ1) is 5.91. The molecule has 0 aromatic carbocycles. The zero-order chi connectivity index (χ0) is 10.6. The van der Waals surface area contributed by atoms with Crippen LogP contribution >= 0.6 is 0 Å². The molecule has 0 amide bonds. The molecule has 0 aliphatic carbocycles. The molecule has 0 saturated carbocycles. The second-order valence-corrected chi connectivity index (χ2v) is 2.34.